The lowest BCUT2D eigenvalue weighted by atomic mass is 10.1. The second-order valence-corrected chi connectivity index (χ2v) is 6.22. The molecule has 4 heteroatoms. The van der Waals surface area contributed by atoms with Crippen LogP contribution in [0.1, 0.15) is 0 Å². The van der Waals surface area contributed by atoms with Crippen LogP contribution in [0.5, 0.6) is 0 Å². The van der Waals surface area contributed by atoms with E-state index >= 15 is 0 Å². The Morgan fingerprint density at radius 1 is 0.464 bits per heavy atom. The first kappa shape index (κ1) is 17.5. The number of nitroso groups, excluding NO2 is 1. The monoisotopic (exact) mass is 365 g/mol. The molecule has 0 atom stereocenters. The first-order chi connectivity index (χ1) is 13.9. The molecule has 136 valence electrons. The molecule has 0 spiro atoms. The summed E-state index contributed by atoms with van der Waals surface area (Å²) in [5, 5.41) is 4.74. The maximum Gasteiger partial charge on any atom is 0.0925 e. The standard InChI is InChI=1S/C24H19N3O/c28-25-27(22-16-8-3-9-17-22)24-19-11-10-18-23(24)26(20-12-4-1-5-13-20)21-14-6-2-7-15-21/h1-19H. The number of nitrogens with zero attached hydrogens (tertiary/aromatic N) is 3. The van der Waals surface area contributed by atoms with Crippen molar-refractivity contribution in [2.24, 2.45) is 5.29 Å². The van der Waals surface area contributed by atoms with Crippen molar-refractivity contribution in [1.82, 2.24) is 0 Å². The smallest absolute Gasteiger partial charge is 0.0925 e. The van der Waals surface area contributed by atoms with Gasteiger partial charge in [0.25, 0.3) is 0 Å². The van der Waals surface area contributed by atoms with Gasteiger partial charge in [-0.25, -0.2) is 0 Å². The number of hydrogen-bond donors (Lipinski definition) is 0. The number of rotatable bonds is 6. The predicted octanol–water partition coefficient (Wildman–Crippen LogP) is 6.98. The third-order valence-electron chi connectivity index (χ3n) is 4.46. The van der Waals surface area contributed by atoms with Gasteiger partial charge in [0.05, 0.1) is 22.3 Å². The van der Waals surface area contributed by atoms with Crippen LogP contribution in [0.2, 0.25) is 0 Å². The highest BCUT2D eigenvalue weighted by Gasteiger charge is 2.20. The average Bonchev–Trinajstić information content (AvgIpc) is 2.78. The molecular weight excluding hydrogens is 346 g/mol. The summed E-state index contributed by atoms with van der Waals surface area (Å²) < 4.78 is 0. The minimum atomic E-state index is 0.705. The number of benzene rings is 4. The maximum absolute atomic E-state index is 11.8. The van der Waals surface area contributed by atoms with Crippen LogP contribution in [0.25, 0.3) is 0 Å². The molecule has 0 aliphatic heterocycles. The van der Waals surface area contributed by atoms with Gasteiger partial charge < -0.3 is 4.90 Å². The van der Waals surface area contributed by atoms with E-state index in [-0.39, 0.29) is 0 Å². The molecule has 0 aliphatic carbocycles. The predicted molar refractivity (Wildman–Crippen MR) is 116 cm³/mol. The lowest BCUT2D eigenvalue weighted by molar-refractivity contribution is 1.06. The van der Waals surface area contributed by atoms with Gasteiger partial charge in [-0.2, -0.15) is 5.01 Å². The zero-order valence-electron chi connectivity index (χ0n) is 15.2. The van der Waals surface area contributed by atoms with Gasteiger partial charge in [-0.05, 0) is 48.5 Å². The summed E-state index contributed by atoms with van der Waals surface area (Å²) in [5.74, 6) is 0. The molecule has 0 bridgehead atoms. The lowest BCUT2D eigenvalue weighted by Gasteiger charge is -2.29. The fourth-order valence-electron chi connectivity index (χ4n) is 3.21. The summed E-state index contributed by atoms with van der Waals surface area (Å²) in [5.41, 5.74) is 4.28. The van der Waals surface area contributed by atoms with Crippen molar-refractivity contribution >= 4 is 28.4 Å². The Bertz CT molecular complexity index is 997. The largest absolute Gasteiger partial charge is 0.308 e. The minimum Gasteiger partial charge on any atom is -0.308 e. The van der Waals surface area contributed by atoms with Crippen LogP contribution in [0.4, 0.5) is 28.4 Å². The van der Waals surface area contributed by atoms with E-state index in [1.54, 1.807) is 0 Å². The average molecular weight is 365 g/mol. The molecular formula is C24H19N3O. The lowest BCUT2D eigenvalue weighted by Crippen LogP contribution is -2.15. The zero-order chi connectivity index (χ0) is 19.2. The second-order valence-electron chi connectivity index (χ2n) is 6.22. The van der Waals surface area contributed by atoms with Crippen molar-refractivity contribution in [3.8, 4) is 0 Å². The Hall–Kier alpha value is -3.92. The number of hydrogen-bond acceptors (Lipinski definition) is 3. The molecule has 0 radical (unpaired) electrons. The molecule has 4 aromatic carbocycles. The highest BCUT2D eigenvalue weighted by Crippen LogP contribution is 2.42. The highest BCUT2D eigenvalue weighted by molar-refractivity contribution is 5.86. The van der Waals surface area contributed by atoms with Crippen molar-refractivity contribution in [1.29, 1.82) is 0 Å². The molecule has 0 saturated heterocycles. The Balaban J connectivity index is 1.90. The number of anilines is 5. The molecule has 0 fully saturated rings. The summed E-state index contributed by atoms with van der Waals surface area (Å²) >= 11 is 0. The van der Waals surface area contributed by atoms with Crippen molar-refractivity contribution in [2.75, 3.05) is 9.91 Å². The summed E-state index contributed by atoms with van der Waals surface area (Å²) in [6.45, 7) is 0. The van der Waals surface area contributed by atoms with E-state index in [0.717, 1.165) is 17.1 Å². The zero-order valence-corrected chi connectivity index (χ0v) is 15.2. The summed E-state index contributed by atoms with van der Waals surface area (Å²) in [6.07, 6.45) is 0. The molecule has 0 aliphatic rings. The Morgan fingerprint density at radius 3 is 1.32 bits per heavy atom. The van der Waals surface area contributed by atoms with Gasteiger partial charge in [-0.15, -0.1) is 4.91 Å². The van der Waals surface area contributed by atoms with Crippen LogP contribution in [-0.2, 0) is 0 Å². The second kappa shape index (κ2) is 8.18. The minimum absolute atomic E-state index is 0.705. The van der Waals surface area contributed by atoms with Gasteiger partial charge in [0.2, 0.25) is 0 Å². The van der Waals surface area contributed by atoms with Crippen LogP contribution in [-0.4, -0.2) is 0 Å². The molecule has 28 heavy (non-hydrogen) atoms. The third kappa shape index (κ3) is 3.48. The van der Waals surface area contributed by atoms with Crippen molar-refractivity contribution < 1.29 is 0 Å². The molecule has 0 amide bonds. The maximum atomic E-state index is 11.8. The first-order valence-corrected chi connectivity index (χ1v) is 9.06. The Morgan fingerprint density at radius 2 is 0.857 bits per heavy atom. The van der Waals surface area contributed by atoms with Crippen molar-refractivity contribution in [3.05, 3.63) is 120 Å². The molecule has 4 nitrogen and oxygen atoms in total. The molecule has 0 unspecified atom stereocenters. The fourth-order valence-corrected chi connectivity index (χ4v) is 3.21. The summed E-state index contributed by atoms with van der Waals surface area (Å²) in [4.78, 5) is 13.9. The number of para-hydroxylation sites is 5. The van der Waals surface area contributed by atoms with Gasteiger partial charge in [0.1, 0.15) is 0 Å². The molecule has 4 aromatic rings. The molecule has 0 saturated carbocycles. The van der Waals surface area contributed by atoms with Gasteiger partial charge in [-0.3, -0.25) is 0 Å². The first-order valence-electron chi connectivity index (χ1n) is 9.06. The van der Waals surface area contributed by atoms with Crippen molar-refractivity contribution in [2.45, 2.75) is 0 Å². The SMILES string of the molecule is O=NN(c1ccccc1)c1ccccc1N(c1ccccc1)c1ccccc1. The highest BCUT2D eigenvalue weighted by atomic mass is 16.3. The summed E-state index contributed by atoms with van der Waals surface area (Å²) in [7, 11) is 0. The van der Waals surface area contributed by atoms with E-state index in [4.69, 9.17) is 0 Å². The van der Waals surface area contributed by atoms with E-state index in [9.17, 15) is 4.91 Å². The van der Waals surface area contributed by atoms with Gasteiger partial charge in [-0.1, -0.05) is 66.7 Å². The third-order valence-corrected chi connectivity index (χ3v) is 4.46. The Labute approximate surface area is 164 Å². The van der Waals surface area contributed by atoms with Crippen LogP contribution in [0, 0.1) is 4.91 Å². The topological polar surface area (TPSA) is 35.9 Å². The van der Waals surface area contributed by atoms with E-state index in [0.29, 0.717) is 11.4 Å². The van der Waals surface area contributed by atoms with E-state index in [2.05, 4.69) is 10.2 Å². The molecule has 0 N–H and O–H groups in total. The van der Waals surface area contributed by atoms with Crippen molar-refractivity contribution in [3.63, 3.8) is 0 Å². The van der Waals surface area contributed by atoms with Crippen LogP contribution >= 0.6 is 0 Å². The Kier molecular flexibility index (Phi) is 5.11. The summed E-state index contributed by atoms with van der Waals surface area (Å²) in [6, 6.07) is 37.4. The van der Waals surface area contributed by atoms with Gasteiger partial charge >= 0.3 is 0 Å². The fraction of sp³-hybridized carbons (Fsp3) is 0. The quantitative estimate of drug-likeness (QED) is 0.273. The van der Waals surface area contributed by atoms with Crippen LogP contribution < -0.4 is 9.91 Å². The van der Waals surface area contributed by atoms with E-state index in [1.165, 1.54) is 5.01 Å². The molecule has 0 heterocycles. The van der Waals surface area contributed by atoms with Gasteiger partial charge in [0, 0.05) is 11.4 Å². The van der Waals surface area contributed by atoms with E-state index < -0.39 is 0 Å². The molecule has 0 aromatic heterocycles. The van der Waals surface area contributed by atoms with Gasteiger partial charge in [0.15, 0.2) is 0 Å². The molecule has 4 rings (SSSR count). The van der Waals surface area contributed by atoms with E-state index in [1.807, 2.05) is 115 Å². The normalized spacial score (nSPS) is 10.3. The van der Waals surface area contributed by atoms with Crippen LogP contribution in [0.15, 0.2) is 121 Å². The van der Waals surface area contributed by atoms with Crippen LogP contribution in [0.3, 0.4) is 0 Å².